The van der Waals surface area contributed by atoms with Crippen LogP contribution in [0.25, 0.3) is 0 Å². The SMILES string of the molecule is CNCCNC1CCNCC1. The zero-order valence-electron chi connectivity index (χ0n) is 7.32. The predicted octanol–water partition coefficient (Wildman–Crippen LogP) is -0.453. The quantitative estimate of drug-likeness (QED) is 0.484. The van der Waals surface area contributed by atoms with Crippen LogP contribution < -0.4 is 16.0 Å². The van der Waals surface area contributed by atoms with Crippen molar-refractivity contribution in [2.24, 2.45) is 0 Å². The zero-order chi connectivity index (χ0) is 7.94. The van der Waals surface area contributed by atoms with Crippen LogP contribution in [0.5, 0.6) is 0 Å². The smallest absolute Gasteiger partial charge is 0.00917 e. The van der Waals surface area contributed by atoms with E-state index in [1.807, 2.05) is 7.05 Å². The van der Waals surface area contributed by atoms with E-state index in [1.165, 1.54) is 25.9 Å². The van der Waals surface area contributed by atoms with Crippen molar-refractivity contribution in [1.29, 1.82) is 0 Å². The molecule has 3 nitrogen and oxygen atoms in total. The maximum Gasteiger partial charge on any atom is 0.00917 e. The van der Waals surface area contributed by atoms with Crippen molar-refractivity contribution in [3.05, 3.63) is 0 Å². The van der Waals surface area contributed by atoms with E-state index in [9.17, 15) is 0 Å². The Bertz CT molecular complexity index is 89.3. The second kappa shape index (κ2) is 5.52. The lowest BCUT2D eigenvalue weighted by atomic mass is 10.1. The molecule has 0 bridgehead atoms. The summed E-state index contributed by atoms with van der Waals surface area (Å²) in [5, 5.41) is 10.00. The summed E-state index contributed by atoms with van der Waals surface area (Å²) in [5.74, 6) is 0. The molecule has 1 aliphatic heterocycles. The van der Waals surface area contributed by atoms with E-state index in [0.717, 1.165) is 19.1 Å². The fourth-order valence-electron chi connectivity index (χ4n) is 1.43. The predicted molar refractivity (Wildman–Crippen MR) is 47.8 cm³/mol. The second-order valence-electron chi connectivity index (χ2n) is 3.08. The Kier molecular flexibility index (Phi) is 4.50. The van der Waals surface area contributed by atoms with E-state index in [0.29, 0.717) is 0 Å². The lowest BCUT2D eigenvalue weighted by Crippen LogP contribution is -2.41. The highest BCUT2D eigenvalue weighted by molar-refractivity contribution is 4.74. The monoisotopic (exact) mass is 157 g/mol. The van der Waals surface area contributed by atoms with Crippen molar-refractivity contribution in [2.75, 3.05) is 33.2 Å². The van der Waals surface area contributed by atoms with E-state index in [2.05, 4.69) is 16.0 Å². The third-order valence-electron chi connectivity index (χ3n) is 2.15. The van der Waals surface area contributed by atoms with Crippen LogP contribution in [0.3, 0.4) is 0 Å². The normalized spacial score (nSPS) is 20.5. The molecule has 0 aromatic rings. The van der Waals surface area contributed by atoms with Crippen LogP contribution >= 0.6 is 0 Å². The maximum atomic E-state index is 3.52. The van der Waals surface area contributed by atoms with Crippen molar-refractivity contribution in [1.82, 2.24) is 16.0 Å². The van der Waals surface area contributed by atoms with Crippen molar-refractivity contribution in [3.63, 3.8) is 0 Å². The molecular weight excluding hydrogens is 138 g/mol. The van der Waals surface area contributed by atoms with Crippen LogP contribution in [-0.4, -0.2) is 39.3 Å². The minimum absolute atomic E-state index is 0.754. The third kappa shape index (κ3) is 3.70. The molecule has 0 aromatic heterocycles. The molecule has 1 rings (SSSR count). The Labute approximate surface area is 68.9 Å². The molecule has 1 fully saturated rings. The van der Waals surface area contributed by atoms with Gasteiger partial charge in [0.2, 0.25) is 0 Å². The standard InChI is InChI=1S/C8H19N3/c1-9-6-7-11-8-2-4-10-5-3-8/h8-11H,2-7H2,1H3. The van der Waals surface area contributed by atoms with Gasteiger partial charge in [0.25, 0.3) is 0 Å². The molecule has 0 atom stereocenters. The highest BCUT2D eigenvalue weighted by atomic mass is 15.0. The van der Waals surface area contributed by atoms with E-state index in [-0.39, 0.29) is 0 Å². The van der Waals surface area contributed by atoms with Gasteiger partial charge in [0, 0.05) is 19.1 Å². The molecule has 0 radical (unpaired) electrons. The number of rotatable bonds is 4. The molecule has 3 N–H and O–H groups in total. The minimum Gasteiger partial charge on any atom is -0.318 e. The third-order valence-corrected chi connectivity index (χ3v) is 2.15. The fraction of sp³-hybridized carbons (Fsp3) is 1.00. The number of hydrogen-bond donors (Lipinski definition) is 3. The highest BCUT2D eigenvalue weighted by Crippen LogP contribution is 2.00. The molecule has 0 spiro atoms. The van der Waals surface area contributed by atoms with Crippen LogP contribution in [0, 0.1) is 0 Å². The van der Waals surface area contributed by atoms with E-state index in [1.54, 1.807) is 0 Å². The summed E-state index contributed by atoms with van der Waals surface area (Å²) in [6.07, 6.45) is 2.56. The van der Waals surface area contributed by atoms with Crippen molar-refractivity contribution < 1.29 is 0 Å². The first-order valence-corrected chi connectivity index (χ1v) is 4.52. The molecule has 0 aliphatic carbocycles. The van der Waals surface area contributed by atoms with Crippen LogP contribution in [0.15, 0.2) is 0 Å². The summed E-state index contributed by atoms with van der Waals surface area (Å²) in [6.45, 7) is 4.53. The van der Waals surface area contributed by atoms with Gasteiger partial charge in [-0.15, -0.1) is 0 Å². The second-order valence-corrected chi connectivity index (χ2v) is 3.08. The Balaban J connectivity index is 1.96. The molecule has 1 aliphatic rings. The van der Waals surface area contributed by atoms with Gasteiger partial charge in [0.15, 0.2) is 0 Å². The largest absolute Gasteiger partial charge is 0.318 e. The molecular formula is C8H19N3. The van der Waals surface area contributed by atoms with Crippen LogP contribution in [0.1, 0.15) is 12.8 Å². The Morgan fingerprint density at radius 2 is 2.00 bits per heavy atom. The van der Waals surface area contributed by atoms with Gasteiger partial charge in [0.05, 0.1) is 0 Å². The number of nitrogens with one attached hydrogen (secondary N) is 3. The van der Waals surface area contributed by atoms with Gasteiger partial charge in [-0.3, -0.25) is 0 Å². The first-order chi connectivity index (χ1) is 5.43. The van der Waals surface area contributed by atoms with E-state index < -0.39 is 0 Å². The fourth-order valence-corrected chi connectivity index (χ4v) is 1.43. The maximum absolute atomic E-state index is 3.52. The van der Waals surface area contributed by atoms with Crippen LogP contribution in [-0.2, 0) is 0 Å². The van der Waals surface area contributed by atoms with Gasteiger partial charge in [-0.05, 0) is 33.0 Å². The Morgan fingerprint density at radius 1 is 1.27 bits per heavy atom. The van der Waals surface area contributed by atoms with Crippen molar-refractivity contribution >= 4 is 0 Å². The van der Waals surface area contributed by atoms with Crippen molar-refractivity contribution in [3.8, 4) is 0 Å². The summed E-state index contributed by atoms with van der Waals surface area (Å²) in [4.78, 5) is 0. The Hall–Kier alpha value is -0.120. The minimum atomic E-state index is 0.754. The topological polar surface area (TPSA) is 36.1 Å². The van der Waals surface area contributed by atoms with Gasteiger partial charge >= 0.3 is 0 Å². The molecule has 0 unspecified atom stereocenters. The summed E-state index contributed by atoms with van der Waals surface area (Å²) < 4.78 is 0. The number of likely N-dealkylation sites (N-methyl/N-ethyl adjacent to an activating group) is 1. The summed E-state index contributed by atoms with van der Waals surface area (Å²) >= 11 is 0. The highest BCUT2D eigenvalue weighted by Gasteiger charge is 2.10. The average Bonchev–Trinajstić information content (AvgIpc) is 2.07. The van der Waals surface area contributed by atoms with Crippen LogP contribution in [0.2, 0.25) is 0 Å². The van der Waals surface area contributed by atoms with Gasteiger partial charge < -0.3 is 16.0 Å². The first kappa shape index (κ1) is 8.97. The summed E-state index contributed by atoms with van der Waals surface area (Å²) in [6, 6.07) is 0.754. The zero-order valence-corrected chi connectivity index (χ0v) is 7.32. The van der Waals surface area contributed by atoms with Crippen molar-refractivity contribution in [2.45, 2.75) is 18.9 Å². The molecule has 11 heavy (non-hydrogen) atoms. The number of hydrogen-bond acceptors (Lipinski definition) is 3. The summed E-state index contributed by atoms with van der Waals surface area (Å²) in [7, 11) is 1.99. The molecule has 1 saturated heterocycles. The number of piperidine rings is 1. The van der Waals surface area contributed by atoms with Gasteiger partial charge in [0.1, 0.15) is 0 Å². The van der Waals surface area contributed by atoms with Gasteiger partial charge in [-0.2, -0.15) is 0 Å². The molecule has 0 saturated carbocycles. The van der Waals surface area contributed by atoms with Gasteiger partial charge in [-0.25, -0.2) is 0 Å². The average molecular weight is 157 g/mol. The van der Waals surface area contributed by atoms with E-state index in [4.69, 9.17) is 0 Å². The van der Waals surface area contributed by atoms with Crippen LogP contribution in [0.4, 0.5) is 0 Å². The molecule has 0 amide bonds. The summed E-state index contributed by atoms with van der Waals surface area (Å²) in [5.41, 5.74) is 0. The Morgan fingerprint density at radius 3 is 2.64 bits per heavy atom. The molecule has 1 heterocycles. The molecule has 0 aromatic carbocycles. The van der Waals surface area contributed by atoms with E-state index >= 15 is 0 Å². The lowest BCUT2D eigenvalue weighted by molar-refractivity contribution is 0.388. The molecule has 3 heteroatoms. The lowest BCUT2D eigenvalue weighted by Gasteiger charge is -2.23. The first-order valence-electron chi connectivity index (χ1n) is 4.52. The molecule has 66 valence electrons. The van der Waals surface area contributed by atoms with Gasteiger partial charge in [-0.1, -0.05) is 0 Å².